The Kier molecular flexibility index (Phi) is 34.4. The van der Waals surface area contributed by atoms with E-state index < -0.39 is 32.5 Å². The summed E-state index contributed by atoms with van der Waals surface area (Å²) in [5.41, 5.74) is 5.34. The molecule has 0 bridgehead atoms. The van der Waals surface area contributed by atoms with E-state index in [1.807, 2.05) is 18.2 Å². The predicted molar refractivity (Wildman–Crippen MR) is 237 cm³/mol. The number of carbonyl (C=O) groups excluding carboxylic acids is 2. The van der Waals surface area contributed by atoms with Gasteiger partial charge < -0.3 is 24.8 Å². The molecule has 1 aliphatic rings. The van der Waals surface area contributed by atoms with Crippen LogP contribution in [0.5, 0.6) is 0 Å². The zero-order valence-electron chi connectivity index (χ0n) is 35.4. The molecule has 1 fully saturated rings. The summed E-state index contributed by atoms with van der Waals surface area (Å²) in [7, 11) is -4.42. The normalized spacial score (nSPS) is 17.9. The van der Waals surface area contributed by atoms with Gasteiger partial charge in [0.05, 0.1) is 25.4 Å². The van der Waals surface area contributed by atoms with E-state index in [2.05, 4.69) is 105 Å². The summed E-state index contributed by atoms with van der Waals surface area (Å²) in [5.74, 6) is -1.01. The molecule has 4 atom stereocenters. The van der Waals surface area contributed by atoms with Crippen molar-refractivity contribution in [3.05, 3.63) is 109 Å². The molecule has 11 heteroatoms. The van der Waals surface area contributed by atoms with Crippen LogP contribution >= 0.6 is 7.82 Å². The Morgan fingerprint density at radius 2 is 1.17 bits per heavy atom. The second-order valence-electron chi connectivity index (χ2n) is 13.9. The van der Waals surface area contributed by atoms with E-state index in [4.69, 9.17) is 29.0 Å². The lowest BCUT2D eigenvalue weighted by Gasteiger charge is -2.19. The van der Waals surface area contributed by atoms with E-state index in [0.29, 0.717) is 31.5 Å². The summed E-state index contributed by atoms with van der Waals surface area (Å²) < 4.78 is 38.3. The highest BCUT2D eigenvalue weighted by molar-refractivity contribution is 7.47. The van der Waals surface area contributed by atoms with Crippen LogP contribution in [0, 0.1) is 0 Å². The molecule has 326 valence electrons. The molecule has 0 amide bonds. The van der Waals surface area contributed by atoms with Crippen LogP contribution in [0.15, 0.2) is 109 Å². The Balaban J connectivity index is 2.29. The van der Waals surface area contributed by atoms with Crippen molar-refractivity contribution in [1.29, 1.82) is 0 Å². The van der Waals surface area contributed by atoms with Crippen molar-refractivity contribution >= 4 is 19.8 Å². The number of nitrogens with two attached hydrogens (primary N) is 1. The third-order valence-electron chi connectivity index (χ3n) is 8.58. The molecule has 0 aliphatic carbocycles. The summed E-state index contributed by atoms with van der Waals surface area (Å²) in [6.07, 6.45) is 53.2. The van der Waals surface area contributed by atoms with Gasteiger partial charge in [0.2, 0.25) is 0 Å². The smallest absolute Gasteiger partial charge is 0.462 e. The van der Waals surface area contributed by atoms with Gasteiger partial charge in [-0.1, -0.05) is 142 Å². The second-order valence-corrected chi connectivity index (χ2v) is 15.3. The van der Waals surface area contributed by atoms with E-state index in [0.717, 1.165) is 57.8 Å². The van der Waals surface area contributed by atoms with Gasteiger partial charge in [-0.25, -0.2) is 4.57 Å². The highest BCUT2D eigenvalue weighted by atomic mass is 31.2. The Morgan fingerprint density at radius 1 is 0.638 bits per heavy atom. The standard InChI is InChI=1S/C47H74NO9P/c1-3-5-7-8-9-10-11-12-13-14-15-16-17-18-19-23-26-29-33-37-46(49)53-41-43(42-55-58(51,52)54-40-39-48)56-47(50)38-34-30-27-24-21-20-22-25-28-32-36-45-44(57-45)35-31-6-4-2/h5,7,9-10,12-13,15-16,18-20,22,24,26-29,32,43-45H,3-4,6,8,11,14,17,21,23,25,30-31,33-42,48H2,1-2H3,(H,51,52)/b7-5-,10-9-,13-12-,16-15-,19-18-,22-20-,27-24-,29-26-,32-28-/t43-,44?,45?/m1/s1. The Hall–Kier alpha value is -3.37. The molecular weight excluding hydrogens is 753 g/mol. The number of epoxide rings is 1. The van der Waals surface area contributed by atoms with Crippen molar-refractivity contribution in [2.75, 3.05) is 26.4 Å². The maximum absolute atomic E-state index is 12.6. The third kappa shape index (κ3) is 34.7. The molecule has 1 rings (SSSR count). The minimum atomic E-state index is -4.42. The van der Waals surface area contributed by atoms with Gasteiger partial charge in [0.1, 0.15) is 6.61 Å². The van der Waals surface area contributed by atoms with Crippen LogP contribution < -0.4 is 5.73 Å². The van der Waals surface area contributed by atoms with Crippen molar-refractivity contribution in [3.63, 3.8) is 0 Å². The third-order valence-corrected chi connectivity index (χ3v) is 9.56. The van der Waals surface area contributed by atoms with E-state index in [1.54, 1.807) is 0 Å². The minimum Gasteiger partial charge on any atom is -0.462 e. The molecule has 58 heavy (non-hydrogen) atoms. The lowest BCUT2D eigenvalue weighted by atomic mass is 10.1. The van der Waals surface area contributed by atoms with Gasteiger partial charge in [0, 0.05) is 19.4 Å². The first-order valence-electron chi connectivity index (χ1n) is 21.5. The van der Waals surface area contributed by atoms with Gasteiger partial charge in [0.15, 0.2) is 6.10 Å². The molecule has 10 nitrogen and oxygen atoms in total. The minimum absolute atomic E-state index is 0.0268. The second kappa shape index (κ2) is 37.9. The number of allylic oxidation sites excluding steroid dienone is 17. The van der Waals surface area contributed by atoms with Gasteiger partial charge in [-0.05, 0) is 83.5 Å². The molecule has 3 unspecified atom stereocenters. The summed E-state index contributed by atoms with van der Waals surface area (Å²) in [5, 5.41) is 0. The first-order chi connectivity index (χ1) is 28.3. The lowest BCUT2D eigenvalue weighted by molar-refractivity contribution is -0.161. The van der Waals surface area contributed by atoms with Crippen LogP contribution in [0.1, 0.15) is 129 Å². The van der Waals surface area contributed by atoms with Crippen LogP contribution in [0.2, 0.25) is 0 Å². The monoisotopic (exact) mass is 828 g/mol. The van der Waals surface area contributed by atoms with Gasteiger partial charge in [0.25, 0.3) is 0 Å². The molecule has 1 saturated heterocycles. The lowest BCUT2D eigenvalue weighted by Crippen LogP contribution is -2.29. The van der Waals surface area contributed by atoms with Gasteiger partial charge in [-0.2, -0.15) is 0 Å². The zero-order chi connectivity index (χ0) is 42.2. The van der Waals surface area contributed by atoms with Crippen molar-refractivity contribution in [1.82, 2.24) is 0 Å². The molecule has 0 aromatic carbocycles. The van der Waals surface area contributed by atoms with Crippen LogP contribution in [-0.2, 0) is 37.4 Å². The average Bonchev–Trinajstić information content (AvgIpc) is 3.97. The number of hydrogen-bond acceptors (Lipinski definition) is 9. The zero-order valence-corrected chi connectivity index (χ0v) is 36.3. The fourth-order valence-corrected chi connectivity index (χ4v) is 6.10. The fraction of sp³-hybridized carbons (Fsp3) is 0.574. The molecule has 1 heterocycles. The molecule has 0 saturated carbocycles. The van der Waals surface area contributed by atoms with Crippen LogP contribution in [0.4, 0.5) is 0 Å². The summed E-state index contributed by atoms with van der Waals surface area (Å²) in [6.45, 7) is 3.39. The van der Waals surface area contributed by atoms with Gasteiger partial charge in [-0.15, -0.1) is 0 Å². The fourth-order valence-electron chi connectivity index (χ4n) is 5.33. The predicted octanol–water partition coefficient (Wildman–Crippen LogP) is 11.4. The molecule has 0 radical (unpaired) electrons. The number of phosphoric acid groups is 1. The summed E-state index contributed by atoms with van der Waals surface area (Å²) in [4.78, 5) is 34.8. The van der Waals surface area contributed by atoms with Gasteiger partial charge in [-0.3, -0.25) is 18.6 Å². The Labute approximate surface area is 350 Å². The van der Waals surface area contributed by atoms with E-state index in [1.165, 1.54) is 25.7 Å². The average molecular weight is 828 g/mol. The Bertz CT molecular complexity index is 1380. The van der Waals surface area contributed by atoms with E-state index in [9.17, 15) is 19.0 Å². The van der Waals surface area contributed by atoms with Gasteiger partial charge >= 0.3 is 19.8 Å². The largest absolute Gasteiger partial charge is 0.472 e. The quantitative estimate of drug-likeness (QED) is 0.0204. The number of hydrogen-bond donors (Lipinski definition) is 2. The SMILES string of the molecule is CC/C=C\C/C=C\C/C=C\C/C=C\C/C=C\C/C=C\CCC(=O)OC[C@H](COP(=O)(O)OCCN)OC(=O)CCC/C=C\C/C=C\C/C=C\CC1OC1CCCCC. The molecular formula is C47H74NO9P. The highest BCUT2D eigenvalue weighted by Crippen LogP contribution is 2.43. The number of phosphoric ester groups is 1. The van der Waals surface area contributed by atoms with E-state index >= 15 is 0 Å². The maximum Gasteiger partial charge on any atom is 0.472 e. The number of unbranched alkanes of at least 4 members (excludes halogenated alkanes) is 3. The van der Waals surface area contributed by atoms with Crippen molar-refractivity contribution in [2.24, 2.45) is 5.73 Å². The molecule has 3 N–H and O–H groups in total. The van der Waals surface area contributed by atoms with Crippen molar-refractivity contribution < 1.29 is 42.3 Å². The summed E-state index contributed by atoms with van der Waals surface area (Å²) >= 11 is 0. The molecule has 0 aromatic heterocycles. The molecule has 0 aromatic rings. The van der Waals surface area contributed by atoms with E-state index in [-0.39, 0.29) is 32.6 Å². The topological polar surface area (TPSA) is 147 Å². The number of rotatable bonds is 37. The van der Waals surface area contributed by atoms with Crippen LogP contribution in [-0.4, -0.2) is 61.5 Å². The Morgan fingerprint density at radius 3 is 1.72 bits per heavy atom. The highest BCUT2D eigenvalue weighted by Gasteiger charge is 2.36. The van der Waals surface area contributed by atoms with Crippen molar-refractivity contribution in [3.8, 4) is 0 Å². The van der Waals surface area contributed by atoms with Crippen LogP contribution in [0.25, 0.3) is 0 Å². The number of ether oxygens (including phenoxy) is 3. The summed E-state index contributed by atoms with van der Waals surface area (Å²) in [6, 6.07) is 0. The maximum atomic E-state index is 12.6. The number of carbonyl (C=O) groups is 2. The molecule has 1 aliphatic heterocycles. The first kappa shape index (κ1) is 52.6. The van der Waals surface area contributed by atoms with Crippen molar-refractivity contribution in [2.45, 2.75) is 148 Å². The number of esters is 2. The molecule has 0 spiro atoms. The first-order valence-corrected chi connectivity index (χ1v) is 23.0. The van der Waals surface area contributed by atoms with Crippen LogP contribution in [0.3, 0.4) is 0 Å².